The van der Waals surface area contributed by atoms with Crippen LogP contribution in [0.4, 0.5) is 0 Å². The number of aromatic nitrogens is 1. The highest BCUT2D eigenvalue weighted by Gasteiger charge is 1.95. The van der Waals surface area contributed by atoms with Gasteiger partial charge in [0.05, 0.1) is 6.61 Å². The SMILES string of the molecule is CCCCCCCOc1ccc(C#Cc2ccc(C)cn2)cc1. The van der Waals surface area contributed by atoms with Crippen molar-refractivity contribution in [1.82, 2.24) is 4.98 Å². The topological polar surface area (TPSA) is 22.1 Å². The quantitative estimate of drug-likeness (QED) is 0.522. The molecule has 0 saturated heterocycles. The summed E-state index contributed by atoms with van der Waals surface area (Å²) < 4.78 is 5.76. The second-order valence-electron chi connectivity index (χ2n) is 5.76. The number of hydrogen-bond donors (Lipinski definition) is 0. The molecule has 2 heteroatoms. The van der Waals surface area contributed by atoms with Crippen LogP contribution in [-0.4, -0.2) is 11.6 Å². The number of nitrogens with zero attached hydrogens (tertiary/aromatic N) is 1. The molecule has 0 aliphatic carbocycles. The molecular weight excluding hydrogens is 282 g/mol. The summed E-state index contributed by atoms with van der Waals surface area (Å²) in [6.07, 6.45) is 8.12. The molecule has 0 bridgehead atoms. The van der Waals surface area contributed by atoms with Crippen molar-refractivity contribution >= 4 is 0 Å². The highest BCUT2D eigenvalue weighted by Crippen LogP contribution is 2.13. The zero-order chi connectivity index (χ0) is 16.3. The molecule has 0 amide bonds. The van der Waals surface area contributed by atoms with E-state index in [1.165, 1.54) is 25.7 Å². The Balaban J connectivity index is 1.79. The van der Waals surface area contributed by atoms with Gasteiger partial charge < -0.3 is 4.74 Å². The molecule has 1 aromatic heterocycles. The van der Waals surface area contributed by atoms with Crippen LogP contribution in [0.5, 0.6) is 5.75 Å². The van der Waals surface area contributed by atoms with E-state index in [1.54, 1.807) is 0 Å². The molecule has 0 saturated carbocycles. The molecule has 0 fully saturated rings. The number of unbranched alkanes of at least 4 members (excludes halogenated alkanes) is 4. The van der Waals surface area contributed by atoms with Gasteiger partial charge in [0.2, 0.25) is 0 Å². The predicted molar refractivity (Wildman–Crippen MR) is 95.7 cm³/mol. The Bertz CT molecular complexity index is 632. The summed E-state index contributed by atoms with van der Waals surface area (Å²) in [5, 5.41) is 0. The molecule has 0 unspecified atom stereocenters. The molecule has 2 nitrogen and oxygen atoms in total. The number of rotatable bonds is 7. The average Bonchev–Trinajstić information content (AvgIpc) is 2.58. The van der Waals surface area contributed by atoms with Crippen molar-refractivity contribution in [2.45, 2.75) is 46.0 Å². The molecule has 0 N–H and O–H groups in total. The summed E-state index contributed by atoms with van der Waals surface area (Å²) in [5.74, 6) is 7.12. The molecule has 0 aliphatic rings. The molecular formula is C21H25NO. The fourth-order valence-corrected chi connectivity index (χ4v) is 2.21. The fourth-order valence-electron chi connectivity index (χ4n) is 2.21. The van der Waals surface area contributed by atoms with E-state index in [4.69, 9.17) is 4.74 Å². The van der Waals surface area contributed by atoms with E-state index in [0.29, 0.717) is 0 Å². The maximum atomic E-state index is 5.76. The van der Waals surface area contributed by atoms with E-state index in [1.807, 2.05) is 49.5 Å². The van der Waals surface area contributed by atoms with Crippen LogP contribution >= 0.6 is 0 Å². The highest BCUT2D eigenvalue weighted by molar-refractivity contribution is 5.42. The van der Waals surface area contributed by atoms with E-state index in [2.05, 4.69) is 23.7 Å². The Morgan fingerprint density at radius 1 is 0.913 bits per heavy atom. The Morgan fingerprint density at radius 2 is 1.70 bits per heavy atom. The van der Waals surface area contributed by atoms with Gasteiger partial charge in [-0.3, -0.25) is 0 Å². The van der Waals surface area contributed by atoms with Gasteiger partial charge in [0.1, 0.15) is 11.4 Å². The van der Waals surface area contributed by atoms with Crippen molar-refractivity contribution < 1.29 is 4.74 Å². The van der Waals surface area contributed by atoms with E-state index in [-0.39, 0.29) is 0 Å². The molecule has 2 rings (SSSR count). The zero-order valence-electron chi connectivity index (χ0n) is 14.1. The van der Waals surface area contributed by atoms with E-state index in [9.17, 15) is 0 Å². The summed E-state index contributed by atoms with van der Waals surface area (Å²) in [6.45, 7) is 5.05. The third kappa shape index (κ3) is 6.57. The first-order valence-electron chi connectivity index (χ1n) is 8.45. The minimum atomic E-state index is 0.794. The molecule has 0 atom stereocenters. The normalized spacial score (nSPS) is 10.0. The Kier molecular flexibility index (Phi) is 7.20. The number of ether oxygens (including phenoxy) is 1. The number of aryl methyl sites for hydroxylation is 1. The van der Waals surface area contributed by atoms with Crippen molar-refractivity contribution in [2.24, 2.45) is 0 Å². The standard InChI is InChI=1S/C21H25NO/c1-3-4-5-6-7-16-23-21-14-10-19(11-15-21)9-13-20-12-8-18(2)17-22-20/h8,10-12,14-15,17H,3-7,16H2,1-2H3. The van der Waals surface area contributed by atoms with Crippen LogP contribution < -0.4 is 4.74 Å². The summed E-state index contributed by atoms with van der Waals surface area (Å²) in [7, 11) is 0. The smallest absolute Gasteiger partial charge is 0.119 e. The van der Waals surface area contributed by atoms with Crippen LogP contribution in [0.3, 0.4) is 0 Å². The lowest BCUT2D eigenvalue weighted by atomic mass is 10.2. The van der Waals surface area contributed by atoms with Crippen molar-refractivity contribution in [3.63, 3.8) is 0 Å². The Labute approximate surface area is 139 Å². The van der Waals surface area contributed by atoms with Crippen LogP contribution in [0.1, 0.15) is 55.8 Å². The lowest BCUT2D eigenvalue weighted by Crippen LogP contribution is -1.97. The van der Waals surface area contributed by atoms with Crippen molar-refractivity contribution in [3.8, 4) is 17.6 Å². The van der Waals surface area contributed by atoms with Gasteiger partial charge in [-0.1, -0.05) is 44.6 Å². The van der Waals surface area contributed by atoms with Crippen molar-refractivity contribution in [3.05, 3.63) is 59.4 Å². The van der Waals surface area contributed by atoms with Gasteiger partial charge in [0.15, 0.2) is 0 Å². The molecule has 0 aliphatic heterocycles. The second-order valence-corrected chi connectivity index (χ2v) is 5.76. The first-order valence-corrected chi connectivity index (χ1v) is 8.45. The molecule has 0 spiro atoms. The van der Waals surface area contributed by atoms with Gasteiger partial charge in [-0.25, -0.2) is 4.98 Å². The molecule has 23 heavy (non-hydrogen) atoms. The molecule has 0 radical (unpaired) electrons. The van der Waals surface area contributed by atoms with Crippen molar-refractivity contribution in [2.75, 3.05) is 6.61 Å². The summed E-state index contributed by atoms with van der Waals surface area (Å²) in [4.78, 5) is 4.28. The Hall–Kier alpha value is -2.27. The predicted octanol–water partition coefficient (Wildman–Crippen LogP) is 5.14. The second kappa shape index (κ2) is 9.69. The van der Waals surface area contributed by atoms with Crippen LogP contribution in [0.2, 0.25) is 0 Å². The lowest BCUT2D eigenvalue weighted by molar-refractivity contribution is 0.304. The van der Waals surface area contributed by atoms with Crippen LogP contribution in [0.15, 0.2) is 42.6 Å². The first-order chi connectivity index (χ1) is 11.3. The van der Waals surface area contributed by atoms with E-state index >= 15 is 0 Å². The maximum Gasteiger partial charge on any atom is 0.119 e. The minimum absolute atomic E-state index is 0.794. The zero-order valence-corrected chi connectivity index (χ0v) is 14.1. The van der Waals surface area contributed by atoms with Crippen LogP contribution in [-0.2, 0) is 0 Å². The highest BCUT2D eigenvalue weighted by atomic mass is 16.5. The molecule has 2 aromatic rings. The average molecular weight is 307 g/mol. The third-order valence-corrected chi connectivity index (χ3v) is 3.62. The monoisotopic (exact) mass is 307 g/mol. The van der Waals surface area contributed by atoms with E-state index in [0.717, 1.165) is 35.6 Å². The summed E-state index contributed by atoms with van der Waals surface area (Å²) >= 11 is 0. The van der Waals surface area contributed by atoms with Gasteiger partial charge in [-0.2, -0.15) is 0 Å². The van der Waals surface area contributed by atoms with E-state index < -0.39 is 0 Å². The van der Waals surface area contributed by atoms with Gasteiger partial charge in [-0.15, -0.1) is 0 Å². The van der Waals surface area contributed by atoms with Gasteiger partial charge in [0.25, 0.3) is 0 Å². The summed E-state index contributed by atoms with van der Waals surface area (Å²) in [5.41, 5.74) is 2.91. The molecule has 120 valence electrons. The first kappa shape index (κ1) is 17.1. The molecule has 1 aromatic carbocycles. The number of benzene rings is 1. The maximum absolute atomic E-state index is 5.76. The van der Waals surface area contributed by atoms with Gasteiger partial charge in [0, 0.05) is 11.8 Å². The van der Waals surface area contributed by atoms with Gasteiger partial charge in [-0.05, 0) is 55.2 Å². The largest absolute Gasteiger partial charge is 0.494 e. The molecule has 1 heterocycles. The fraction of sp³-hybridized carbons (Fsp3) is 0.381. The summed E-state index contributed by atoms with van der Waals surface area (Å²) in [6, 6.07) is 11.9. The van der Waals surface area contributed by atoms with Crippen molar-refractivity contribution in [1.29, 1.82) is 0 Å². The number of hydrogen-bond acceptors (Lipinski definition) is 2. The van der Waals surface area contributed by atoms with Gasteiger partial charge >= 0.3 is 0 Å². The third-order valence-electron chi connectivity index (χ3n) is 3.62. The number of pyridine rings is 1. The van der Waals surface area contributed by atoms with Crippen LogP contribution in [0.25, 0.3) is 0 Å². The Morgan fingerprint density at radius 3 is 2.39 bits per heavy atom. The lowest BCUT2D eigenvalue weighted by Gasteiger charge is -2.05. The minimum Gasteiger partial charge on any atom is -0.494 e. The van der Waals surface area contributed by atoms with Crippen LogP contribution in [0, 0.1) is 18.8 Å².